The first-order valence-corrected chi connectivity index (χ1v) is 7.58. The van der Waals surface area contributed by atoms with Crippen molar-refractivity contribution in [2.24, 2.45) is 0 Å². The van der Waals surface area contributed by atoms with Crippen LogP contribution in [0.5, 0.6) is 0 Å². The number of halogens is 5. The molecule has 0 bridgehead atoms. The van der Waals surface area contributed by atoms with Gasteiger partial charge in [0, 0.05) is 23.3 Å². The molecular formula is C13H13BrClF3N2O. The van der Waals surface area contributed by atoms with Gasteiger partial charge in [0.25, 0.3) is 0 Å². The number of fused-ring (bicyclic) bond motifs is 1. The van der Waals surface area contributed by atoms with E-state index in [9.17, 15) is 13.2 Å². The van der Waals surface area contributed by atoms with Crippen molar-refractivity contribution in [2.75, 3.05) is 19.1 Å². The van der Waals surface area contributed by atoms with E-state index in [-0.39, 0.29) is 6.61 Å². The number of ether oxygens (including phenoxy) is 1. The van der Waals surface area contributed by atoms with E-state index < -0.39 is 12.8 Å². The molecule has 0 saturated carbocycles. The van der Waals surface area contributed by atoms with Gasteiger partial charge in [0.1, 0.15) is 12.4 Å². The summed E-state index contributed by atoms with van der Waals surface area (Å²) >= 11 is 9.12. The molecule has 0 fully saturated rings. The summed E-state index contributed by atoms with van der Waals surface area (Å²) in [6.45, 7) is -0.976. The van der Waals surface area contributed by atoms with Gasteiger partial charge in [-0.25, -0.2) is 4.98 Å². The van der Waals surface area contributed by atoms with Gasteiger partial charge in [0.2, 0.25) is 0 Å². The molecule has 1 heterocycles. The first kappa shape index (κ1) is 16.6. The van der Waals surface area contributed by atoms with Gasteiger partial charge in [-0.1, -0.05) is 15.9 Å². The zero-order valence-electron chi connectivity index (χ0n) is 11.0. The second-order valence-corrected chi connectivity index (χ2v) is 5.71. The number of aromatic nitrogens is 2. The molecule has 1 aromatic carbocycles. The van der Waals surface area contributed by atoms with Crippen molar-refractivity contribution in [1.29, 1.82) is 0 Å². The van der Waals surface area contributed by atoms with E-state index in [1.54, 1.807) is 0 Å². The molecule has 116 valence electrons. The third kappa shape index (κ3) is 4.59. The molecule has 0 radical (unpaired) electrons. The average molecular weight is 386 g/mol. The lowest BCUT2D eigenvalue weighted by atomic mass is 10.3. The van der Waals surface area contributed by atoms with Crippen LogP contribution in [0.25, 0.3) is 11.0 Å². The summed E-state index contributed by atoms with van der Waals surface area (Å²) in [6, 6.07) is 5.60. The fraction of sp³-hybridized carbons (Fsp3) is 0.462. The number of benzene rings is 1. The number of alkyl halides is 4. The minimum absolute atomic E-state index is 0.0350. The molecule has 0 aliphatic carbocycles. The highest BCUT2D eigenvalue weighted by molar-refractivity contribution is 9.10. The van der Waals surface area contributed by atoms with Crippen LogP contribution in [0.1, 0.15) is 5.82 Å². The SMILES string of the molecule is FC(F)(F)COCCn1c(CCCl)nc2ccc(Br)cc21. The molecule has 0 saturated heterocycles. The zero-order valence-corrected chi connectivity index (χ0v) is 13.3. The minimum atomic E-state index is -4.31. The number of rotatable bonds is 6. The summed E-state index contributed by atoms with van der Waals surface area (Å²) in [6.07, 6.45) is -3.76. The largest absolute Gasteiger partial charge is 0.411 e. The third-order valence-corrected chi connectivity index (χ3v) is 3.51. The molecule has 3 nitrogen and oxygen atoms in total. The number of aryl methyl sites for hydroxylation is 1. The normalized spacial score (nSPS) is 12.2. The Balaban J connectivity index is 2.15. The van der Waals surface area contributed by atoms with Crippen LogP contribution in [0.3, 0.4) is 0 Å². The highest BCUT2D eigenvalue weighted by atomic mass is 79.9. The van der Waals surface area contributed by atoms with Crippen molar-refractivity contribution in [3.8, 4) is 0 Å². The zero-order chi connectivity index (χ0) is 15.5. The first-order chi connectivity index (χ1) is 9.90. The maximum absolute atomic E-state index is 12.1. The van der Waals surface area contributed by atoms with E-state index >= 15 is 0 Å². The minimum Gasteiger partial charge on any atom is -0.370 e. The lowest BCUT2D eigenvalue weighted by molar-refractivity contribution is -0.174. The van der Waals surface area contributed by atoms with E-state index in [4.69, 9.17) is 11.6 Å². The molecule has 0 amide bonds. The fourth-order valence-corrected chi connectivity index (χ4v) is 2.53. The third-order valence-electron chi connectivity index (χ3n) is 2.83. The van der Waals surface area contributed by atoms with Crippen molar-refractivity contribution >= 4 is 38.6 Å². The standard InChI is InChI=1S/C13H13BrClF3N2O/c14-9-1-2-10-11(7-9)20(12(19-10)3-4-15)5-6-21-8-13(16,17)18/h1-2,7H,3-6,8H2. The Morgan fingerprint density at radius 1 is 1.33 bits per heavy atom. The monoisotopic (exact) mass is 384 g/mol. The van der Waals surface area contributed by atoms with Gasteiger partial charge in [-0.15, -0.1) is 11.6 Å². The number of imidazole rings is 1. The maximum atomic E-state index is 12.1. The molecule has 0 aliphatic heterocycles. The van der Waals surface area contributed by atoms with Crippen molar-refractivity contribution in [3.05, 3.63) is 28.5 Å². The van der Waals surface area contributed by atoms with E-state index in [1.807, 2.05) is 22.8 Å². The van der Waals surface area contributed by atoms with Gasteiger partial charge in [-0.05, 0) is 18.2 Å². The summed E-state index contributed by atoms with van der Waals surface area (Å²) in [7, 11) is 0. The second kappa shape index (κ2) is 6.98. The number of hydrogen-bond donors (Lipinski definition) is 0. The smallest absolute Gasteiger partial charge is 0.370 e. The maximum Gasteiger partial charge on any atom is 0.411 e. The lowest BCUT2D eigenvalue weighted by Gasteiger charge is -2.11. The molecular weight excluding hydrogens is 373 g/mol. The van der Waals surface area contributed by atoms with Gasteiger partial charge in [-0.2, -0.15) is 13.2 Å². The highest BCUT2D eigenvalue weighted by Gasteiger charge is 2.27. The number of hydrogen-bond acceptors (Lipinski definition) is 2. The predicted molar refractivity (Wildman–Crippen MR) is 78.7 cm³/mol. The molecule has 0 atom stereocenters. The second-order valence-electron chi connectivity index (χ2n) is 4.42. The van der Waals surface area contributed by atoms with Gasteiger partial charge >= 0.3 is 6.18 Å². The Kier molecular flexibility index (Phi) is 5.51. The Labute approximate surface area is 133 Å². The van der Waals surface area contributed by atoms with E-state index in [0.29, 0.717) is 18.8 Å². The van der Waals surface area contributed by atoms with Crippen LogP contribution in [0, 0.1) is 0 Å². The average Bonchev–Trinajstić information content (AvgIpc) is 2.71. The predicted octanol–water partition coefficient (Wildman–Crippen LogP) is 4.16. The Hall–Kier alpha value is -0.790. The molecule has 2 aromatic rings. The molecule has 0 spiro atoms. The van der Waals surface area contributed by atoms with E-state index in [0.717, 1.165) is 21.3 Å². The van der Waals surface area contributed by atoms with Crippen molar-refractivity contribution in [2.45, 2.75) is 19.1 Å². The van der Waals surface area contributed by atoms with Gasteiger partial charge in [-0.3, -0.25) is 0 Å². The van der Waals surface area contributed by atoms with Crippen LogP contribution in [0.2, 0.25) is 0 Å². The molecule has 0 aliphatic rings. The summed E-state index contributed by atoms with van der Waals surface area (Å²) in [5, 5.41) is 0. The van der Waals surface area contributed by atoms with E-state index in [2.05, 4.69) is 25.7 Å². The molecule has 1 aromatic heterocycles. The topological polar surface area (TPSA) is 27.1 Å². The first-order valence-electron chi connectivity index (χ1n) is 6.26. The van der Waals surface area contributed by atoms with Crippen LogP contribution < -0.4 is 0 Å². The van der Waals surface area contributed by atoms with Crippen LogP contribution >= 0.6 is 27.5 Å². The lowest BCUT2D eigenvalue weighted by Crippen LogP contribution is -2.19. The highest BCUT2D eigenvalue weighted by Crippen LogP contribution is 2.22. The van der Waals surface area contributed by atoms with Crippen molar-refractivity contribution < 1.29 is 17.9 Å². The van der Waals surface area contributed by atoms with Crippen molar-refractivity contribution in [1.82, 2.24) is 9.55 Å². The fourth-order valence-electron chi connectivity index (χ4n) is 2.01. The Morgan fingerprint density at radius 3 is 2.76 bits per heavy atom. The number of nitrogens with zero attached hydrogens (tertiary/aromatic N) is 2. The van der Waals surface area contributed by atoms with Gasteiger partial charge in [0.15, 0.2) is 0 Å². The van der Waals surface area contributed by atoms with Crippen LogP contribution in [0.15, 0.2) is 22.7 Å². The van der Waals surface area contributed by atoms with Crippen molar-refractivity contribution in [3.63, 3.8) is 0 Å². The summed E-state index contributed by atoms with van der Waals surface area (Å²) < 4.78 is 43.6. The Bertz CT molecular complexity index is 615. The summed E-state index contributed by atoms with van der Waals surface area (Å²) in [5.41, 5.74) is 1.63. The van der Waals surface area contributed by atoms with Gasteiger partial charge in [0.05, 0.1) is 17.6 Å². The molecule has 2 rings (SSSR count). The van der Waals surface area contributed by atoms with Gasteiger partial charge < -0.3 is 9.30 Å². The van der Waals surface area contributed by atoms with Crippen LogP contribution in [0.4, 0.5) is 13.2 Å². The quantitative estimate of drug-likeness (QED) is 0.551. The molecule has 8 heteroatoms. The van der Waals surface area contributed by atoms with Crippen LogP contribution in [-0.2, 0) is 17.7 Å². The van der Waals surface area contributed by atoms with E-state index in [1.165, 1.54) is 0 Å². The van der Waals surface area contributed by atoms with Crippen LogP contribution in [-0.4, -0.2) is 34.8 Å². The molecule has 0 unspecified atom stereocenters. The molecule has 21 heavy (non-hydrogen) atoms. The Morgan fingerprint density at radius 2 is 2.10 bits per heavy atom. The molecule has 0 N–H and O–H groups in total. The summed E-state index contributed by atoms with van der Waals surface area (Å²) in [5.74, 6) is 1.14. The summed E-state index contributed by atoms with van der Waals surface area (Å²) in [4.78, 5) is 4.45.